The fraction of sp³-hybridized carbons (Fsp3) is 0.818. The van der Waals surface area contributed by atoms with Gasteiger partial charge in [0.15, 0.2) is 0 Å². The van der Waals surface area contributed by atoms with Gasteiger partial charge in [0.05, 0.1) is 13.7 Å². The van der Waals surface area contributed by atoms with Crippen LogP contribution in [0.2, 0.25) is 0 Å². The number of amides is 1. The van der Waals surface area contributed by atoms with E-state index in [1.165, 1.54) is 7.11 Å². The largest absolute Gasteiger partial charge is 0.469 e. The zero-order chi connectivity index (χ0) is 12.2. The van der Waals surface area contributed by atoms with Crippen molar-refractivity contribution in [1.82, 2.24) is 10.6 Å². The van der Waals surface area contributed by atoms with Gasteiger partial charge in [-0.2, -0.15) is 0 Å². The van der Waals surface area contributed by atoms with Crippen LogP contribution in [-0.4, -0.2) is 39.1 Å². The zero-order valence-corrected chi connectivity index (χ0v) is 10.2. The summed E-state index contributed by atoms with van der Waals surface area (Å²) in [6, 6.07) is 0. The lowest BCUT2D eigenvalue weighted by Gasteiger charge is -2.04. The number of carbonyl (C=O) groups excluding carboxylic acids is 2. The highest BCUT2D eigenvalue weighted by atomic mass is 16.5. The van der Waals surface area contributed by atoms with Gasteiger partial charge in [-0.15, -0.1) is 0 Å². The molecule has 0 fully saturated rings. The number of esters is 1. The van der Waals surface area contributed by atoms with Crippen LogP contribution in [0.5, 0.6) is 0 Å². The van der Waals surface area contributed by atoms with E-state index in [-0.39, 0.29) is 11.9 Å². The lowest BCUT2D eigenvalue weighted by molar-refractivity contribution is -0.140. The van der Waals surface area contributed by atoms with Crippen molar-refractivity contribution in [3.05, 3.63) is 0 Å². The summed E-state index contributed by atoms with van der Waals surface area (Å²) in [5.41, 5.74) is 0. The van der Waals surface area contributed by atoms with Crippen LogP contribution >= 0.6 is 0 Å². The molecule has 0 aliphatic carbocycles. The molecule has 0 atom stereocenters. The van der Waals surface area contributed by atoms with E-state index in [1.54, 1.807) is 7.05 Å². The Kier molecular flexibility index (Phi) is 9.70. The molecule has 1 amide bonds. The topological polar surface area (TPSA) is 67.4 Å². The molecule has 5 nitrogen and oxygen atoms in total. The van der Waals surface area contributed by atoms with Crippen LogP contribution in [0.1, 0.15) is 32.1 Å². The first-order valence-corrected chi connectivity index (χ1v) is 5.68. The Morgan fingerprint density at radius 1 is 1.12 bits per heavy atom. The van der Waals surface area contributed by atoms with Crippen LogP contribution in [0.25, 0.3) is 0 Å². The second-order valence-electron chi connectivity index (χ2n) is 3.62. The normalized spacial score (nSPS) is 9.88. The van der Waals surface area contributed by atoms with Crippen LogP contribution in [-0.2, 0) is 14.3 Å². The Morgan fingerprint density at radius 3 is 2.44 bits per heavy atom. The molecule has 5 heteroatoms. The maximum atomic E-state index is 11.0. The molecule has 0 bridgehead atoms. The molecule has 0 aliphatic rings. The number of methoxy groups -OCH3 is 1. The number of ether oxygens (including phenoxy) is 1. The highest BCUT2D eigenvalue weighted by molar-refractivity contribution is 5.77. The van der Waals surface area contributed by atoms with Crippen LogP contribution in [0.4, 0.5) is 0 Å². The molecule has 0 saturated heterocycles. The molecule has 0 heterocycles. The minimum atomic E-state index is -0.151. The summed E-state index contributed by atoms with van der Waals surface area (Å²) in [4.78, 5) is 21.8. The molecule has 94 valence electrons. The maximum Gasteiger partial charge on any atom is 0.305 e. The van der Waals surface area contributed by atoms with Crippen molar-refractivity contribution < 1.29 is 14.3 Å². The lowest BCUT2D eigenvalue weighted by atomic mass is 10.1. The first-order chi connectivity index (χ1) is 7.70. The van der Waals surface area contributed by atoms with Gasteiger partial charge in [-0.05, 0) is 19.9 Å². The van der Waals surface area contributed by atoms with Gasteiger partial charge >= 0.3 is 5.97 Å². The Labute approximate surface area is 96.9 Å². The molecule has 0 unspecified atom stereocenters. The highest BCUT2D eigenvalue weighted by Gasteiger charge is 2.00. The van der Waals surface area contributed by atoms with Gasteiger partial charge in [0.1, 0.15) is 0 Å². The smallest absolute Gasteiger partial charge is 0.305 e. The molecule has 0 aromatic rings. The molecule has 0 spiro atoms. The second kappa shape index (κ2) is 10.4. The first kappa shape index (κ1) is 14.9. The van der Waals surface area contributed by atoms with Gasteiger partial charge in [-0.25, -0.2) is 0 Å². The van der Waals surface area contributed by atoms with Gasteiger partial charge in [0, 0.05) is 13.0 Å². The van der Waals surface area contributed by atoms with E-state index in [4.69, 9.17) is 0 Å². The number of carbonyl (C=O) groups is 2. The minimum absolute atomic E-state index is 0.0251. The van der Waals surface area contributed by atoms with E-state index < -0.39 is 0 Å². The monoisotopic (exact) mass is 230 g/mol. The number of hydrogen-bond acceptors (Lipinski definition) is 4. The van der Waals surface area contributed by atoms with Crippen molar-refractivity contribution in [2.45, 2.75) is 32.1 Å². The quantitative estimate of drug-likeness (QED) is 0.445. The van der Waals surface area contributed by atoms with Crippen LogP contribution in [0.15, 0.2) is 0 Å². The third kappa shape index (κ3) is 9.45. The van der Waals surface area contributed by atoms with Gasteiger partial charge < -0.3 is 15.4 Å². The van der Waals surface area contributed by atoms with Crippen molar-refractivity contribution in [2.24, 2.45) is 0 Å². The summed E-state index contributed by atoms with van der Waals surface area (Å²) in [6.07, 6.45) is 4.32. The van der Waals surface area contributed by atoms with Crippen molar-refractivity contribution in [2.75, 3.05) is 27.2 Å². The number of nitrogens with one attached hydrogen (secondary N) is 2. The third-order valence-electron chi connectivity index (χ3n) is 2.19. The summed E-state index contributed by atoms with van der Waals surface area (Å²) in [5, 5.41) is 5.59. The standard InChI is InChI=1S/C11H22N2O3/c1-12-9-10(14)13-8-6-4-3-5-7-11(15)16-2/h12H,3-9H2,1-2H3,(H,13,14). The molecular weight excluding hydrogens is 208 g/mol. The molecule has 2 N–H and O–H groups in total. The molecule has 0 saturated carbocycles. The summed E-state index contributed by atoms with van der Waals surface area (Å²) in [5.74, 6) is -0.126. The summed E-state index contributed by atoms with van der Waals surface area (Å²) < 4.78 is 4.53. The van der Waals surface area contributed by atoms with Gasteiger partial charge in [0.2, 0.25) is 5.91 Å². The summed E-state index contributed by atoms with van der Waals surface area (Å²) in [7, 11) is 3.14. The molecule has 0 radical (unpaired) electrons. The third-order valence-corrected chi connectivity index (χ3v) is 2.19. The molecule has 16 heavy (non-hydrogen) atoms. The highest BCUT2D eigenvalue weighted by Crippen LogP contribution is 2.02. The summed E-state index contributed by atoms with van der Waals surface area (Å²) >= 11 is 0. The number of rotatable bonds is 9. The van der Waals surface area contributed by atoms with Crippen molar-refractivity contribution in [1.29, 1.82) is 0 Å². The van der Waals surface area contributed by atoms with Gasteiger partial charge in [-0.1, -0.05) is 12.8 Å². The Bertz CT molecular complexity index is 207. The van der Waals surface area contributed by atoms with Gasteiger partial charge in [-0.3, -0.25) is 9.59 Å². The SMILES string of the molecule is CNCC(=O)NCCCCCCC(=O)OC. The Hall–Kier alpha value is -1.10. The average molecular weight is 230 g/mol. The van der Waals surface area contributed by atoms with Crippen LogP contribution in [0, 0.1) is 0 Å². The van der Waals surface area contributed by atoms with Crippen molar-refractivity contribution in [3.8, 4) is 0 Å². The van der Waals surface area contributed by atoms with E-state index in [1.807, 2.05) is 0 Å². The fourth-order valence-corrected chi connectivity index (χ4v) is 1.30. The molecule has 0 rings (SSSR count). The molecule has 0 aliphatic heterocycles. The number of likely N-dealkylation sites (N-methyl/N-ethyl adjacent to an activating group) is 1. The average Bonchev–Trinajstić information content (AvgIpc) is 2.27. The van der Waals surface area contributed by atoms with Crippen molar-refractivity contribution >= 4 is 11.9 Å². The molecule has 0 aromatic heterocycles. The molecular formula is C11H22N2O3. The van der Waals surface area contributed by atoms with Crippen LogP contribution in [0.3, 0.4) is 0 Å². The first-order valence-electron chi connectivity index (χ1n) is 5.68. The van der Waals surface area contributed by atoms with E-state index >= 15 is 0 Å². The van der Waals surface area contributed by atoms with E-state index in [2.05, 4.69) is 15.4 Å². The zero-order valence-electron chi connectivity index (χ0n) is 10.2. The second-order valence-corrected chi connectivity index (χ2v) is 3.62. The lowest BCUT2D eigenvalue weighted by Crippen LogP contribution is -2.32. The van der Waals surface area contributed by atoms with E-state index in [0.29, 0.717) is 19.5 Å². The summed E-state index contributed by atoms with van der Waals surface area (Å²) in [6.45, 7) is 1.07. The van der Waals surface area contributed by atoms with Crippen molar-refractivity contribution in [3.63, 3.8) is 0 Å². The van der Waals surface area contributed by atoms with E-state index in [0.717, 1.165) is 25.7 Å². The van der Waals surface area contributed by atoms with Gasteiger partial charge in [0.25, 0.3) is 0 Å². The Balaban J connectivity index is 3.15. The predicted molar refractivity (Wildman–Crippen MR) is 62.0 cm³/mol. The minimum Gasteiger partial charge on any atom is -0.469 e. The number of hydrogen-bond donors (Lipinski definition) is 2. The number of unbranched alkanes of at least 4 members (excludes halogenated alkanes) is 3. The fourth-order valence-electron chi connectivity index (χ4n) is 1.30. The predicted octanol–water partition coefficient (Wildman–Crippen LogP) is 0.445. The van der Waals surface area contributed by atoms with Crippen LogP contribution < -0.4 is 10.6 Å². The van der Waals surface area contributed by atoms with E-state index in [9.17, 15) is 9.59 Å². The maximum absolute atomic E-state index is 11.0. The molecule has 0 aromatic carbocycles. The Morgan fingerprint density at radius 2 is 1.81 bits per heavy atom.